The van der Waals surface area contributed by atoms with Crippen molar-refractivity contribution >= 4 is 11.6 Å². The smallest absolute Gasteiger partial charge is 0.129 e. The Morgan fingerprint density at radius 3 is 3.00 bits per heavy atom. The third-order valence-corrected chi connectivity index (χ3v) is 2.56. The van der Waals surface area contributed by atoms with Crippen LogP contribution in [-0.4, -0.2) is 36.7 Å². The molecule has 0 unspecified atom stereocenters. The number of rotatable bonds is 7. The summed E-state index contributed by atoms with van der Waals surface area (Å²) < 4.78 is 5.05. The number of hydrogen-bond donors (Lipinski definition) is 0. The average Bonchev–Trinajstić information content (AvgIpc) is 2.32. The molecule has 0 saturated heterocycles. The Balaban J connectivity index is 2.55. The highest BCUT2D eigenvalue weighted by Crippen LogP contribution is 2.10. The summed E-state index contributed by atoms with van der Waals surface area (Å²) in [5, 5.41) is 9.11. The van der Waals surface area contributed by atoms with Crippen LogP contribution >= 0.6 is 11.6 Å². The first-order chi connectivity index (χ1) is 8.26. The zero-order valence-corrected chi connectivity index (χ0v) is 10.7. The van der Waals surface area contributed by atoms with Gasteiger partial charge in [0.15, 0.2) is 0 Å². The highest BCUT2D eigenvalue weighted by atomic mass is 35.5. The number of aromatic nitrogens is 1. The average molecular weight is 254 g/mol. The predicted molar refractivity (Wildman–Crippen MR) is 66.6 cm³/mol. The molecular weight excluding hydrogens is 238 g/mol. The van der Waals surface area contributed by atoms with Crippen LogP contribution < -0.4 is 0 Å². The van der Waals surface area contributed by atoms with Crippen LogP contribution in [0.15, 0.2) is 18.3 Å². The summed E-state index contributed by atoms with van der Waals surface area (Å²) in [6.45, 7) is 2.95. The lowest BCUT2D eigenvalue weighted by atomic mass is 10.2. The van der Waals surface area contributed by atoms with Crippen molar-refractivity contribution in [3.8, 4) is 6.07 Å². The van der Waals surface area contributed by atoms with Gasteiger partial charge >= 0.3 is 0 Å². The molecule has 1 aromatic heterocycles. The highest BCUT2D eigenvalue weighted by molar-refractivity contribution is 6.29. The van der Waals surface area contributed by atoms with E-state index in [1.165, 1.54) is 0 Å². The quantitative estimate of drug-likeness (QED) is 0.699. The molecule has 0 aliphatic rings. The molecule has 92 valence electrons. The molecule has 0 amide bonds. The fourth-order valence-electron chi connectivity index (χ4n) is 1.50. The Bertz CT molecular complexity index is 378. The number of nitrogens with zero attached hydrogens (tertiary/aromatic N) is 3. The lowest BCUT2D eigenvalue weighted by Crippen LogP contribution is -2.28. The fourth-order valence-corrected chi connectivity index (χ4v) is 1.69. The van der Waals surface area contributed by atoms with Crippen LogP contribution in [0.4, 0.5) is 0 Å². The molecule has 0 radical (unpaired) electrons. The molecule has 0 spiro atoms. The van der Waals surface area contributed by atoms with Gasteiger partial charge in [-0.3, -0.25) is 4.90 Å². The molecule has 0 atom stereocenters. The molecular formula is C12H16ClN3O. The molecule has 1 rings (SSSR count). The Kier molecular flexibility index (Phi) is 6.56. The van der Waals surface area contributed by atoms with E-state index in [0.717, 1.165) is 25.2 Å². The van der Waals surface area contributed by atoms with E-state index in [9.17, 15) is 0 Å². The molecule has 0 aliphatic heterocycles. The maximum absolute atomic E-state index is 8.61. The Hall–Kier alpha value is -1.15. The van der Waals surface area contributed by atoms with E-state index >= 15 is 0 Å². The molecule has 17 heavy (non-hydrogen) atoms. The summed E-state index contributed by atoms with van der Waals surface area (Å²) in [7, 11) is 1.67. The van der Waals surface area contributed by atoms with Crippen molar-refractivity contribution in [1.82, 2.24) is 9.88 Å². The van der Waals surface area contributed by atoms with Gasteiger partial charge < -0.3 is 4.74 Å². The van der Waals surface area contributed by atoms with E-state index < -0.39 is 0 Å². The van der Waals surface area contributed by atoms with Crippen molar-refractivity contribution in [2.45, 2.75) is 13.0 Å². The topological polar surface area (TPSA) is 49.1 Å². The SMILES string of the molecule is COCCN(CCC#N)Cc1ccnc(Cl)c1. The van der Waals surface area contributed by atoms with Gasteiger partial charge in [0, 0.05) is 39.4 Å². The van der Waals surface area contributed by atoms with E-state index in [4.69, 9.17) is 21.6 Å². The van der Waals surface area contributed by atoms with Crippen molar-refractivity contribution < 1.29 is 4.74 Å². The van der Waals surface area contributed by atoms with Crippen LogP contribution in [0.25, 0.3) is 0 Å². The second-order valence-electron chi connectivity index (χ2n) is 3.66. The molecule has 1 heterocycles. The number of halogens is 1. The standard InChI is InChI=1S/C12H16ClN3O/c1-17-8-7-16(6-2-4-14)10-11-3-5-15-12(13)9-11/h3,5,9H,2,6-8,10H2,1H3. The van der Waals surface area contributed by atoms with Crippen molar-refractivity contribution in [3.63, 3.8) is 0 Å². The van der Waals surface area contributed by atoms with E-state index in [1.54, 1.807) is 13.3 Å². The lowest BCUT2D eigenvalue weighted by Gasteiger charge is -2.20. The summed E-state index contributed by atoms with van der Waals surface area (Å²) in [4.78, 5) is 6.11. The minimum absolute atomic E-state index is 0.495. The lowest BCUT2D eigenvalue weighted by molar-refractivity contribution is 0.145. The molecule has 0 aliphatic carbocycles. The minimum Gasteiger partial charge on any atom is -0.383 e. The fraction of sp³-hybridized carbons (Fsp3) is 0.500. The normalized spacial score (nSPS) is 10.5. The van der Waals surface area contributed by atoms with Crippen LogP contribution in [0, 0.1) is 11.3 Å². The monoisotopic (exact) mass is 253 g/mol. The molecule has 0 N–H and O–H groups in total. The number of pyridine rings is 1. The second kappa shape index (κ2) is 8.02. The van der Waals surface area contributed by atoms with Gasteiger partial charge in [-0.25, -0.2) is 4.98 Å². The Morgan fingerprint density at radius 1 is 1.53 bits per heavy atom. The van der Waals surface area contributed by atoms with Crippen molar-refractivity contribution in [1.29, 1.82) is 5.26 Å². The van der Waals surface area contributed by atoms with Gasteiger partial charge in [-0.05, 0) is 17.7 Å². The van der Waals surface area contributed by atoms with Crippen LogP contribution in [0.1, 0.15) is 12.0 Å². The number of nitriles is 1. The molecule has 0 bridgehead atoms. The minimum atomic E-state index is 0.495. The predicted octanol–water partition coefficient (Wildman–Crippen LogP) is 2.10. The Labute approximate surface area is 107 Å². The third-order valence-electron chi connectivity index (χ3n) is 2.35. The molecule has 5 heteroatoms. The molecule has 1 aromatic rings. The molecule has 0 saturated carbocycles. The number of ether oxygens (including phenoxy) is 1. The van der Waals surface area contributed by atoms with Crippen LogP contribution in [0.5, 0.6) is 0 Å². The van der Waals surface area contributed by atoms with Gasteiger partial charge in [-0.1, -0.05) is 11.6 Å². The van der Waals surface area contributed by atoms with Gasteiger partial charge in [0.25, 0.3) is 0 Å². The van der Waals surface area contributed by atoms with E-state index in [-0.39, 0.29) is 0 Å². The third kappa shape index (κ3) is 5.64. The van der Waals surface area contributed by atoms with Crippen molar-refractivity contribution in [2.75, 3.05) is 26.8 Å². The van der Waals surface area contributed by atoms with E-state index in [0.29, 0.717) is 18.2 Å². The number of hydrogen-bond acceptors (Lipinski definition) is 4. The molecule has 4 nitrogen and oxygen atoms in total. The summed E-state index contributed by atoms with van der Waals surface area (Å²) >= 11 is 5.83. The van der Waals surface area contributed by atoms with Gasteiger partial charge in [0.05, 0.1) is 12.7 Å². The first-order valence-electron chi connectivity index (χ1n) is 5.45. The molecule has 0 fully saturated rings. The van der Waals surface area contributed by atoms with Gasteiger partial charge in [0.2, 0.25) is 0 Å². The van der Waals surface area contributed by atoms with Crippen molar-refractivity contribution in [2.24, 2.45) is 0 Å². The second-order valence-corrected chi connectivity index (χ2v) is 4.05. The highest BCUT2D eigenvalue weighted by Gasteiger charge is 2.06. The van der Waals surface area contributed by atoms with Crippen LogP contribution in [0.3, 0.4) is 0 Å². The number of methoxy groups -OCH3 is 1. The first-order valence-corrected chi connectivity index (χ1v) is 5.82. The van der Waals surface area contributed by atoms with Crippen LogP contribution in [-0.2, 0) is 11.3 Å². The largest absolute Gasteiger partial charge is 0.383 e. The molecule has 0 aromatic carbocycles. The van der Waals surface area contributed by atoms with Gasteiger partial charge in [-0.2, -0.15) is 5.26 Å². The maximum atomic E-state index is 8.61. The van der Waals surface area contributed by atoms with Crippen LogP contribution in [0.2, 0.25) is 5.15 Å². The van der Waals surface area contributed by atoms with Crippen molar-refractivity contribution in [3.05, 3.63) is 29.0 Å². The summed E-state index contributed by atoms with van der Waals surface area (Å²) in [6, 6.07) is 5.92. The first kappa shape index (κ1) is 13.9. The Morgan fingerprint density at radius 2 is 2.35 bits per heavy atom. The van der Waals surface area contributed by atoms with Gasteiger partial charge in [0.1, 0.15) is 5.15 Å². The van der Waals surface area contributed by atoms with Gasteiger partial charge in [-0.15, -0.1) is 0 Å². The summed E-state index contributed by atoms with van der Waals surface area (Å²) in [5.41, 5.74) is 1.10. The summed E-state index contributed by atoms with van der Waals surface area (Å²) in [6.07, 6.45) is 2.21. The zero-order chi connectivity index (χ0) is 12.5. The van der Waals surface area contributed by atoms with E-state index in [1.807, 2.05) is 12.1 Å². The zero-order valence-electron chi connectivity index (χ0n) is 9.90. The summed E-state index contributed by atoms with van der Waals surface area (Å²) in [5.74, 6) is 0. The van der Waals surface area contributed by atoms with E-state index in [2.05, 4.69) is 16.0 Å². The maximum Gasteiger partial charge on any atom is 0.129 e.